The molecule has 5 nitrogen and oxygen atoms in total. The van der Waals surface area contributed by atoms with E-state index in [0.29, 0.717) is 0 Å². The summed E-state index contributed by atoms with van der Waals surface area (Å²) in [5.74, 6) is 0. The third kappa shape index (κ3) is 2.33. The minimum atomic E-state index is -0.428. The largest absolute Gasteiger partial charge is 0.393 e. The van der Waals surface area contributed by atoms with Crippen LogP contribution in [0.1, 0.15) is 24.8 Å². The molecular formula is C12H17N3O2. The van der Waals surface area contributed by atoms with Gasteiger partial charge in [-0.3, -0.25) is 10.1 Å². The number of nitrogens with zero attached hydrogens (tertiary/aromatic N) is 2. The lowest BCUT2D eigenvalue weighted by molar-refractivity contribution is -0.383. The zero-order valence-electron chi connectivity index (χ0n) is 9.98. The first-order valence-electron chi connectivity index (χ1n) is 5.89. The molecule has 17 heavy (non-hydrogen) atoms. The molecule has 1 aromatic carbocycles. The highest BCUT2D eigenvalue weighted by Gasteiger charge is 2.18. The highest BCUT2D eigenvalue weighted by molar-refractivity contribution is 5.70. The van der Waals surface area contributed by atoms with Crippen molar-refractivity contribution in [1.29, 1.82) is 0 Å². The maximum atomic E-state index is 10.8. The van der Waals surface area contributed by atoms with Crippen LogP contribution in [-0.4, -0.2) is 18.0 Å². The van der Waals surface area contributed by atoms with E-state index in [1.54, 1.807) is 12.1 Å². The highest BCUT2D eigenvalue weighted by Crippen LogP contribution is 2.32. The molecule has 1 fully saturated rings. The number of benzene rings is 1. The van der Waals surface area contributed by atoms with Gasteiger partial charge in [-0.25, -0.2) is 0 Å². The molecule has 0 amide bonds. The molecule has 0 bridgehead atoms. The Morgan fingerprint density at radius 1 is 1.29 bits per heavy atom. The fourth-order valence-corrected chi connectivity index (χ4v) is 2.33. The third-order valence-electron chi connectivity index (χ3n) is 3.24. The maximum absolute atomic E-state index is 10.8. The fraction of sp³-hybridized carbons (Fsp3) is 0.500. The molecule has 5 heteroatoms. The van der Waals surface area contributed by atoms with E-state index in [1.807, 2.05) is 6.92 Å². The number of nitro groups is 1. The van der Waals surface area contributed by atoms with Gasteiger partial charge in [-0.05, 0) is 37.8 Å². The van der Waals surface area contributed by atoms with Crippen molar-refractivity contribution in [1.82, 2.24) is 0 Å². The number of rotatable bonds is 2. The molecule has 2 rings (SSSR count). The van der Waals surface area contributed by atoms with Crippen molar-refractivity contribution in [2.75, 3.05) is 23.7 Å². The smallest absolute Gasteiger partial charge is 0.292 e. The number of hydrogen-bond donors (Lipinski definition) is 1. The lowest BCUT2D eigenvalue weighted by Gasteiger charge is -2.30. The second kappa shape index (κ2) is 4.61. The first-order chi connectivity index (χ1) is 8.09. The number of nitro benzene ring substituents is 1. The predicted octanol–water partition coefficient (Wildman–Crippen LogP) is 2.48. The predicted molar refractivity (Wildman–Crippen MR) is 68.3 cm³/mol. The Kier molecular flexibility index (Phi) is 3.17. The summed E-state index contributed by atoms with van der Waals surface area (Å²) in [6, 6.07) is 3.30. The van der Waals surface area contributed by atoms with Crippen LogP contribution in [0.4, 0.5) is 17.1 Å². The van der Waals surface area contributed by atoms with E-state index in [2.05, 4.69) is 4.90 Å². The first-order valence-corrected chi connectivity index (χ1v) is 5.89. The number of piperidine rings is 1. The van der Waals surface area contributed by atoms with Gasteiger partial charge in [0.15, 0.2) is 0 Å². The van der Waals surface area contributed by atoms with Crippen molar-refractivity contribution in [2.24, 2.45) is 0 Å². The Balaban J connectivity index is 2.35. The Labute approximate surface area is 100 Å². The molecule has 0 unspecified atom stereocenters. The summed E-state index contributed by atoms with van der Waals surface area (Å²) < 4.78 is 0. The molecule has 0 spiro atoms. The molecule has 0 atom stereocenters. The van der Waals surface area contributed by atoms with E-state index < -0.39 is 4.92 Å². The van der Waals surface area contributed by atoms with Gasteiger partial charge in [0.2, 0.25) is 0 Å². The second-order valence-corrected chi connectivity index (χ2v) is 4.50. The summed E-state index contributed by atoms with van der Waals surface area (Å²) >= 11 is 0. The van der Waals surface area contributed by atoms with Gasteiger partial charge in [0.05, 0.1) is 4.92 Å². The minimum Gasteiger partial charge on any atom is -0.393 e. The highest BCUT2D eigenvalue weighted by atomic mass is 16.6. The van der Waals surface area contributed by atoms with Crippen LogP contribution in [0.25, 0.3) is 0 Å². The fourth-order valence-electron chi connectivity index (χ4n) is 2.33. The van der Waals surface area contributed by atoms with Crippen molar-refractivity contribution < 1.29 is 4.92 Å². The monoisotopic (exact) mass is 235 g/mol. The van der Waals surface area contributed by atoms with Gasteiger partial charge in [0.1, 0.15) is 5.69 Å². The van der Waals surface area contributed by atoms with Crippen LogP contribution in [0.3, 0.4) is 0 Å². The Bertz CT molecular complexity index is 440. The number of aryl methyl sites for hydroxylation is 1. The summed E-state index contributed by atoms with van der Waals surface area (Å²) in [5, 5.41) is 10.8. The first kappa shape index (κ1) is 11.7. The van der Waals surface area contributed by atoms with Crippen molar-refractivity contribution in [2.45, 2.75) is 26.2 Å². The molecule has 1 aromatic rings. The van der Waals surface area contributed by atoms with E-state index in [-0.39, 0.29) is 11.4 Å². The molecule has 2 N–H and O–H groups in total. The molecule has 1 aliphatic heterocycles. The lowest BCUT2D eigenvalue weighted by Crippen LogP contribution is -2.30. The molecule has 0 radical (unpaired) electrons. The quantitative estimate of drug-likeness (QED) is 0.485. The topological polar surface area (TPSA) is 72.4 Å². The third-order valence-corrected chi connectivity index (χ3v) is 3.24. The summed E-state index contributed by atoms with van der Waals surface area (Å²) in [6.45, 7) is 3.92. The number of anilines is 2. The summed E-state index contributed by atoms with van der Waals surface area (Å²) in [6.07, 6.45) is 3.62. The number of nitrogen functional groups attached to an aromatic ring is 1. The molecule has 1 saturated heterocycles. The molecule has 1 aliphatic rings. The molecule has 0 saturated carbocycles. The zero-order valence-corrected chi connectivity index (χ0v) is 9.98. The van der Waals surface area contributed by atoms with Crippen LogP contribution >= 0.6 is 0 Å². The minimum absolute atomic E-state index is 0.00302. The summed E-state index contributed by atoms with van der Waals surface area (Å²) in [5.41, 5.74) is 7.94. The van der Waals surface area contributed by atoms with Gasteiger partial charge in [-0.15, -0.1) is 0 Å². The second-order valence-electron chi connectivity index (χ2n) is 4.50. The molecule has 92 valence electrons. The van der Waals surface area contributed by atoms with E-state index in [0.717, 1.165) is 24.3 Å². The van der Waals surface area contributed by atoms with Gasteiger partial charge < -0.3 is 10.6 Å². The number of nitrogens with two attached hydrogens (primary N) is 1. The van der Waals surface area contributed by atoms with Crippen LogP contribution < -0.4 is 10.6 Å². The van der Waals surface area contributed by atoms with Gasteiger partial charge in [0.25, 0.3) is 5.69 Å². The van der Waals surface area contributed by atoms with Crippen LogP contribution in [0.5, 0.6) is 0 Å². The van der Waals surface area contributed by atoms with Crippen LogP contribution in [0, 0.1) is 17.0 Å². The van der Waals surface area contributed by atoms with Crippen molar-refractivity contribution in [3.05, 3.63) is 27.8 Å². The average molecular weight is 235 g/mol. The summed E-state index contributed by atoms with van der Waals surface area (Å²) in [4.78, 5) is 12.6. The van der Waals surface area contributed by atoms with Crippen molar-refractivity contribution in [3.63, 3.8) is 0 Å². The van der Waals surface area contributed by atoms with Crippen LogP contribution in [0.2, 0.25) is 0 Å². The average Bonchev–Trinajstić information content (AvgIpc) is 2.32. The molecule has 0 aliphatic carbocycles. The van der Waals surface area contributed by atoms with Gasteiger partial charge in [-0.2, -0.15) is 0 Å². The zero-order chi connectivity index (χ0) is 12.4. The van der Waals surface area contributed by atoms with Gasteiger partial charge in [0, 0.05) is 24.8 Å². The van der Waals surface area contributed by atoms with E-state index >= 15 is 0 Å². The van der Waals surface area contributed by atoms with Gasteiger partial charge >= 0.3 is 0 Å². The Morgan fingerprint density at radius 3 is 2.53 bits per heavy atom. The van der Waals surface area contributed by atoms with E-state index in [1.165, 1.54) is 19.3 Å². The SMILES string of the molecule is Cc1cc([N+](=O)[O-])c(N)cc1N1CCCCC1. The maximum Gasteiger partial charge on any atom is 0.292 e. The van der Waals surface area contributed by atoms with Gasteiger partial charge in [-0.1, -0.05) is 0 Å². The van der Waals surface area contributed by atoms with Crippen molar-refractivity contribution >= 4 is 17.1 Å². The Hall–Kier alpha value is -1.78. The van der Waals surface area contributed by atoms with E-state index in [4.69, 9.17) is 5.73 Å². The van der Waals surface area contributed by atoms with Crippen LogP contribution in [-0.2, 0) is 0 Å². The molecule has 1 heterocycles. The van der Waals surface area contributed by atoms with E-state index in [9.17, 15) is 10.1 Å². The Morgan fingerprint density at radius 2 is 1.94 bits per heavy atom. The van der Waals surface area contributed by atoms with Crippen LogP contribution in [0.15, 0.2) is 12.1 Å². The molecular weight excluding hydrogens is 218 g/mol. The summed E-state index contributed by atoms with van der Waals surface area (Å²) in [7, 11) is 0. The normalized spacial score (nSPS) is 15.9. The van der Waals surface area contributed by atoms with Crippen molar-refractivity contribution in [3.8, 4) is 0 Å². The lowest BCUT2D eigenvalue weighted by atomic mass is 10.1. The number of hydrogen-bond acceptors (Lipinski definition) is 4. The standard InChI is InChI=1S/C12H17N3O2/c1-9-7-12(15(16)17)10(13)8-11(9)14-5-3-2-4-6-14/h7-8H,2-6,13H2,1H3. The molecule has 0 aromatic heterocycles.